The Morgan fingerprint density at radius 3 is 2.54 bits per heavy atom. The molecule has 3 aromatic rings. The van der Waals surface area contributed by atoms with Crippen molar-refractivity contribution in [2.45, 2.75) is 18.4 Å². The van der Waals surface area contributed by atoms with Gasteiger partial charge in [0.15, 0.2) is 5.78 Å². The number of carbonyl (C=O) groups excluding carboxylic acids is 1. The molecule has 0 bridgehead atoms. The maximum Gasteiger partial charge on any atom is 0.327 e. The van der Waals surface area contributed by atoms with Crippen LogP contribution in [0.3, 0.4) is 0 Å². The zero-order valence-electron chi connectivity index (χ0n) is 14.6. The van der Waals surface area contributed by atoms with Crippen LogP contribution < -0.4 is 10.9 Å². The summed E-state index contributed by atoms with van der Waals surface area (Å²) in [6.07, 6.45) is 0.0161. The Hall–Kier alpha value is -2.60. The van der Waals surface area contributed by atoms with E-state index in [1.807, 2.05) is 36.4 Å². The van der Waals surface area contributed by atoms with Crippen LogP contribution in [0.2, 0.25) is 10.0 Å². The SMILES string of the molecule is NN1c2cc(Cl)cc(Cl)c2[C@@H](C(=O)c2cccc3ccccc23)C[C@@H]1C(=O)O. The Labute approximate surface area is 171 Å². The molecule has 1 aliphatic heterocycles. The fourth-order valence-corrected chi connectivity index (χ4v) is 4.45. The molecule has 0 spiro atoms. The number of anilines is 1. The van der Waals surface area contributed by atoms with Crippen molar-refractivity contribution in [3.8, 4) is 0 Å². The number of hydrazine groups is 1. The fraction of sp³-hybridized carbons (Fsp3) is 0.143. The number of fused-ring (bicyclic) bond motifs is 2. The quantitative estimate of drug-likeness (QED) is 0.481. The lowest BCUT2D eigenvalue weighted by molar-refractivity contribution is -0.138. The van der Waals surface area contributed by atoms with Crippen LogP contribution >= 0.6 is 23.2 Å². The molecule has 7 heteroatoms. The Balaban J connectivity index is 1.90. The van der Waals surface area contributed by atoms with E-state index in [4.69, 9.17) is 29.0 Å². The van der Waals surface area contributed by atoms with E-state index in [-0.39, 0.29) is 12.2 Å². The molecule has 0 fully saturated rings. The molecule has 3 N–H and O–H groups in total. The first-order valence-electron chi connectivity index (χ1n) is 8.66. The number of hydrogen-bond acceptors (Lipinski definition) is 4. The molecule has 28 heavy (non-hydrogen) atoms. The number of ketones is 1. The molecule has 0 aliphatic carbocycles. The molecule has 3 aromatic carbocycles. The van der Waals surface area contributed by atoms with Crippen LogP contribution in [0.15, 0.2) is 54.6 Å². The van der Waals surface area contributed by atoms with Crippen molar-refractivity contribution in [2.24, 2.45) is 5.84 Å². The number of rotatable bonds is 3. The van der Waals surface area contributed by atoms with Gasteiger partial charge in [0.05, 0.1) is 11.6 Å². The van der Waals surface area contributed by atoms with Gasteiger partial charge in [0.25, 0.3) is 0 Å². The molecule has 0 aromatic heterocycles. The van der Waals surface area contributed by atoms with Crippen LogP contribution in [0, 0.1) is 0 Å². The van der Waals surface area contributed by atoms with Crippen molar-refractivity contribution in [3.63, 3.8) is 0 Å². The molecule has 142 valence electrons. The van der Waals surface area contributed by atoms with Gasteiger partial charge in [-0.1, -0.05) is 65.7 Å². The second-order valence-electron chi connectivity index (χ2n) is 6.76. The van der Waals surface area contributed by atoms with E-state index in [0.717, 1.165) is 15.8 Å². The van der Waals surface area contributed by atoms with Crippen molar-refractivity contribution >= 4 is 51.4 Å². The summed E-state index contributed by atoms with van der Waals surface area (Å²) in [6.45, 7) is 0. The summed E-state index contributed by atoms with van der Waals surface area (Å²) in [6, 6.07) is 15.1. The third-order valence-electron chi connectivity index (χ3n) is 5.15. The minimum Gasteiger partial charge on any atom is -0.480 e. The van der Waals surface area contributed by atoms with Crippen LogP contribution in [0.4, 0.5) is 5.69 Å². The predicted octanol–water partition coefficient (Wildman–Crippen LogP) is 4.65. The van der Waals surface area contributed by atoms with Crippen molar-refractivity contribution in [1.29, 1.82) is 0 Å². The summed E-state index contributed by atoms with van der Waals surface area (Å²) in [4.78, 5) is 25.3. The Morgan fingerprint density at radius 2 is 1.79 bits per heavy atom. The minimum atomic E-state index is -1.11. The number of halogens is 2. The summed E-state index contributed by atoms with van der Waals surface area (Å²) in [5.41, 5.74) is 1.38. The van der Waals surface area contributed by atoms with E-state index in [9.17, 15) is 14.7 Å². The summed E-state index contributed by atoms with van der Waals surface area (Å²) in [7, 11) is 0. The second kappa shape index (κ2) is 7.09. The number of carboxylic acids is 1. The van der Waals surface area contributed by atoms with Crippen molar-refractivity contribution in [3.05, 3.63) is 75.8 Å². The average Bonchev–Trinajstić information content (AvgIpc) is 2.67. The Kier molecular flexibility index (Phi) is 4.75. The number of hydrogen-bond donors (Lipinski definition) is 2. The number of nitrogens with two attached hydrogens (primary N) is 1. The molecule has 1 heterocycles. The summed E-state index contributed by atoms with van der Waals surface area (Å²) >= 11 is 12.5. The second-order valence-corrected chi connectivity index (χ2v) is 7.60. The Bertz CT molecular complexity index is 1110. The van der Waals surface area contributed by atoms with Crippen molar-refractivity contribution in [2.75, 3.05) is 5.01 Å². The van der Waals surface area contributed by atoms with Crippen molar-refractivity contribution < 1.29 is 14.7 Å². The maximum atomic E-state index is 13.5. The van der Waals surface area contributed by atoms with Crippen LogP contribution in [0.5, 0.6) is 0 Å². The van der Waals surface area contributed by atoms with Gasteiger partial charge in [0.1, 0.15) is 6.04 Å². The number of carbonyl (C=O) groups is 2. The van der Waals surface area contributed by atoms with Gasteiger partial charge in [-0.15, -0.1) is 0 Å². The van der Waals surface area contributed by atoms with E-state index in [0.29, 0.717) is 26.9 Å². The first-order chi connectivity index (χ1) is 13.4. The lowest BCUT2D eigenvalue weighted by atomic mass is 9.80. The molecular weight excluding hydrogens is 399 g/mol. The number of benzene rings is 3. The number of nitrogens with zero attached hydrogens (tertiary/aromatic N) is 1. The molecule has 0 unspecified atom stereocenters. The van der Waals surface area contributed by atoms with Crippen LogP contribution in [-0.4, -0.2) is 22.9 Å². The summed E-state index contributed by atoms with van der Waals surface area (Å²) in [5, 5.41) is 13.1. The number of aliphatic carboxylic acids is 1. The number of Topliss-reactive ketones (excluding diaryl/α,β-unsaturated/α-hetero) is 1. The molecule has 0 amide bonds. The van der Waals surface area contributed by atoms with E-state index >= 15 is 0 Å². The average molecular weight is 415 g/mol. The van der Waals surface area contributed by atoms with Gasteiger partial charge in [-0.25, -0.2) is 10.6 Å². The minimum absolute atomic E-state index is 0.0161. The molecule has 0 radical (unpaired) electrons. The largest absolute Gasteiger partial charge is 0.480 e. The van der Waals surface area contributed by atoms with Gasteiger partial charge in [-0.3, -0.25) is 9.80 Å². The van der Waals surface area contributed by atoms with Gasteiger partial charge >= 0.3 is 5.97 Å². The first-order valence-corrected chi connectivity index (χ1v) is 9.41. The summed E-state index contributed by atoms with van der Waals surface area (Å²) in [5.74, 6) is 4.00. The smallest absolute Gasteiger partial charge is 0.327 e. The lowest BCUT2D eigenvalue weighted by Crippen LogP contribution is -2.51. The third kappa shape index (κ3) is 3.02. The lowest BCUT2D eigenvalue weighted by Gasteiger charge is -2.37. The van der Waals surface area contributed by atoms with Gasteiger partial charge in [0.2, 0.25) is 0 Å². The molecule has 1 aliphatic rings. The normalized spacial score (nSPS) is 18.8. The number of carboxylic acid groups (broad SMARTS) is 1. The molecule has 0 saturated carbocycles. The fourth-order valence-electron chi connectivity index (χ4n) is 3.84. The van der Waals surface area contributed by atoms with Gasteiger partial charge in [-0.2, -0.15) is 0 Å². The van der Waals surface area contributed by atoms with E-state index in [1.54, 1.807) is 18.2 Å². The predicted molar refractivity (Wildman–Crippen MR) is 110 cm³/mol. The zero-order chi connectivity index (χ0) is 20.0. The zero-order valence-corrected chi connectivity index (χ0v) is 16.1. The highest BCUT2D eigenvalue weighted by atomic mass is 35.5. The van der Waals surface area contributed by atoms with Crippen molar-refractivity contribution in [1.82, 2.24) is 0 Å². The molecule has 5 nitrogen and oxygen atoms in total. The van der Waals surface area contributed by atoms with Crippen LogP contribution in [-0.2, 0) is 4.79 Å². The highest BCUT2D eigenvalue weighted by Gasteiger charge is 2.40. The van der Waals surface area contributed by atoms with E-state index < -0.39 is 17.9 Å². The van der Waals surface area contributed by atoms with Gasteiger partial charge in [-0.05, 0) is 29.3 Å². The molecule has 4 rings (SSSR count). The molecule has 2 atom stereocenters. The van der Waals surface area contributed by atoms with E-state index in [1.165, 1.54) is 0 Å². The highest BCUT2D eigenvalue weighted by molar-refractivity contribution is 6.36. The standard InChI is InChI=1S/C21H16Cl2N2O3/c22-12-8-16(23)19-15(10-18(21(27)28)25(24)17(19)9-12)20(26)14-7-3-5-11-4-1-2-6-13(11)14/h1-9,15,18H,10,24H2,(H,27,28)/t15-,18+/m0/s1. The highest BCUT2D eigenvalue weighted by Crippen LogP contribution is 2.44. The van der Waals surface area contributed by atoms with Crippen LogP contribution in [0.1, 0.15) is 28.3 Å². The van der Waals surface area contributed by atoms with Gasteiger partial charge in [0, 0.05) is 21.2 Å². The summed E-state index contributed by atoms with van der Waals surface area (Å²) < 4.78 is 0. The first kappa shape index (κ1) is 18.7. The monoisotopic (exact) mass is 414 g/mol. The van der Waals surface area contributed by atoms with Crippen LogP contribution in [0.25, 0.3) is 10.8 Å². The van der Waals surface area contributed by atoms with Gasteiger partial charge < -0.3 is 5.11 Å². The Morgan fingerprint density at radius 1 is 1.07 bits per heavy atom. The molecular formula is C21H16Cl2N2O3. The molecule has 0 saturated heterocycles. The van der Waals surface area contributed by atoms with E-state index in [2.05, 4.69) is 0 Å². The topological polar surface area (TPSA) is 83.6 Å². The maximum absolute atomic E-state index is 13.5. The third-order valence-corrected chi connectivity index (χ3v) is 5.68.